The van der Waals surface area contributed by atoms with Gasteiger partial charge in [0, 0.05) is 13.1 Å². The van der Waals surface area contributed by atoms with Gasteiger partial charge in [-0.25, -0.2) is 0 Å². The highest BCUT2D eigenvalue weighted by Gasteiger charge is 2.45. The molecule has 1 heterocycles. The number of carbonyl (C=O) groups is 1. The number of rotatable bonds is 3. The fourth-order valence-corrected chi connectivity index (χ4v) is 1.97. The van der Waals surface area contributed by atoms with Gasteiger partial charge in [0.1, 0.15) is 0 Å². The van der Waals surface area contributed by atoms with E-state index in [1.165, 1.54) is 12.0 Å². The van der Waals surface area contributed by atoms with E-state index >= 15 is 0 Å². The lowest BCUT2D eigenvalue weighted by Crippen LogP contribution is -2.41. The molecule has 1 fully saturated rings. The molecule has 0 aromatic heterocycles. The lowest BCUT2D eigenvalue weighted by molar-refractivity contribution is -0.207. The Morgan fingerprint density at radius 1 is 1.59 bits per heavy atom. The van der Waals surface area contributed by atoms with Crippen LogP contribution in [0.3, 0.4) is 0 Å². The molecule has 0 unspecified atom stereocenters. The number of β-amino-alcohol motifs (C(OH)–C–C–N with tert-alkyl or cyclic N) is 1. The number of aliphatic hydroxyl groups excluding tert-OH is 1. The second-order valence-electron chi connectivity index (χ2n) is 4.59. The van der Waals surface area contributed by atoms with Crippen LogP contribution in [-0.2, 0) is 9.53 Å². The first-order valence-electron chi connectivity index (χ1n) is 5.24. The second kappa shape index (κ2) is 4.81. The smallest absolute Gasteiger partial charge is 0.415 e. The van der Waals surface area contributed by atoms with E-state index in [0.717, 1.165) is 0 Å². The minimum absolute atomic E-state index is 0.173. The zero-order chi connectivity index (χ0) is 13.3. The molecule has 17 heavy (non-hydrogen) atoms. The first-order valence-corrected chi connectivity index (χ1v) is 5.24. The van der Waals surface area contributed by atoms with E-state index in [9.17, 15) is 18.0 Å². The molecule has 1 saturated heterocycles. The molecule has 100 valence electrons. The number of alkyl halides is 3. The van der Waals surface area contributed by atoms with Crippen LogP contribution in [0.4, 0.5) is 13.2 Å². The third kappa shape index (κ3) is 3.32. The molecule has 0 radical (unpaired) electrons. The maximum Gasteiger partial charge on any atom is 0.415 e. The molecule has 1 aliphatic rings. The standard InChI is InChI=1S/C10H16F3NO3/c1-9(8(16)17-2)3-4-14(6-9)5-7(15)10(11,12)13/h7,15H,3-6H2,1-2H3/t7-,9-/m0/s1. The number of likely N-dealkylation sites (tertiary alicyclic amines) is 1. The summed E-state index contributed by atoms with van der Waals surface area (Å²) >= 11 is 0. The highest BCUT2D eigenvalue weighted by Crippen LogP contribution is 2.32. The van der Waals surface area contributed by atoms with Crippen LogP contribution in [0.1, 0.15) is 13.3 Å². The van der Waals surface area contributed by atoms with Crippen LogP contribution in [-0.4, -0.2) is 55.0 Å². The number of nitrogens with zero attached hydrogens (tertiary/aromatic N) is 1. The SMILES string of the molecule is COC(=O)[C@@]1(C)CCN(C[C@H](O)C(F)(F)F)C1. The molecular formula is C10H16F3NO3. The zero-order valence-corrected chi connectivity index (χ0v) is 9.75. The molecule has 1 rings (SSSR count). The van der Waals surface area contributed by atoms with Gasteiger partial charge in [-0.15, -0.1) is 0 Å². The highest BCUT2D eigenvalue weighted by molar-refractivity contribution is 5.76. The summed E-state index contributed by atoms with van der Waals surface area (Å²) < 4.78 is 41.1. The maximum atomic E-state index is 12.2. The molecule has 0 spiro atoms. The Kier molecular flexibility index (Phi) is 4.03. The number of methoxy groups -OCH3 is 1. The van der Waals surface area contributed by atoms with Crippen molar-refractivity contribution in [3.63, 3.8) is 0 Å². The fraction of sp³-hybridized carbons (Fsp3) is 0.900. The van der Waals surface area contributed by atoms with Crippen molar-refractivity contribution in [2.75, 3.05) is 26.7 Å². The van der Waals surface area contributed by atoms with Crippen LogP contribution in [0.2, 0.25) is 0 Å². The summed E-state index contributed by atoms with van der Waals surface area (Å²) in [6, 6.07) is 0. The topological polar surface area (TPSA) is 49.8 Å². The third-order valence-corrected chi connectivity index (χ3v) is 3.04. The largest absolute Gasteiger partial charge is 0.469 e. The number of hydrogen-bond acceptors (Lipinski definition) is 4. The van der Waals surface area contributed by atoms with Crippen LogP contribution in [0.5, 0.6) is 0 Å². The van der Waals surface area contributed by atoms with Gasteiger partial charge >= 0.3 is 12.1 Å². The normalized spacial score (nSPS) is 28.1. The van der Waals surface area contributed by atoms with Crippen molar-refractivity contribution in [1.29, 1.82) is 0 Å². The molecule has 4 nitrogen and oxygen atoms in total. The number of halogens is 3. The third-order valence-electron chi connectivity index (χ3n) is 3.04. The molecule has 1 aliphatic heterocycles. The predicted octanol–water partition coefficient (Wildman–Crippen LogP) is 0.795. The van der Waals surface area contributed by atoms with E-state index in [-0.39, 0.29) is 6.54 Å². The van der Waals surface area contributed by atoms with Crippen LogP contribution in [0.15, 0.2) is 0 Å². The summed E-state index contributed by atoms with van der Waals surface area (Å²) in [6.07, 6.45) is -6.56. The van der Waals surface area contributed by atoms with Crippen LogP contribution >= 0.6 is 0 Å². The average Bonchev–Trinajstić information content (AvgIpc) is 2.59. The molecule has 0 amide bonds. The number of carbonyl (C=O) groups excluding carboxylic acids is 1. The first kappa shape index (κ1) is 14.2. The number of ether oxygens (including phenoxy) is 1. The number of hydrogen-bond donors (Lipinski definition) is 1. The van der Waals surface area contributed by atoms with Crippen molar-refractivity contribution < 1.29 is 27.8 Å². The molecule has 7 heteroatoms. The zero-order valence-electron chi connectivity index (χ0n) is 9.75. The van der Waals surface area contributed by atoms with E-state index in [4.69, 9.17) is 5.11 Å². The van der Waals surface area contributed by atoms with Gasteiger partial charge in [0.05, 0.1) is 12.5 Å². The van der Waals surface area contributed by atoms with Gasteiger partial charge in [-0.3, -0.25) is 9.69 Å². The van der Waals surface area contributed by atoms with Crippen molar-refractivity contribution in [2.45, 2.75) is 25.6 Å². The Labute approximate surface area is 97.3 Å². The van der Waals surface area contributed by atoms with Crippen molar-refractivity contribution in [3.8, 4) is 0 Å². The van der Waals surface area contributed by atoms with Crippen LogP contribution < -0.4 is 0 Å². The average molecular weight is 255 g/mol. The summed E-state index contributed by atoms with van der Waals surface area (Å²) in [7, 11) is 1.25. The van der Waals surface area contributed by atoms with Crippen LogP contribution in [0, 0.1) is 5.41 Å². The molecule has 0 saturated carbocycles. The van der Waals surface area contributed by atoms with Gasteiger partial charge in [-0.1, -0.05) is 0 Å². The van der Waals surface area contributed by atoms with Crippen molar-refractivity contribution in [3.05, 3.63) is 0 Å². The Bertz CT molecular complexity index is 295. The van der Waals surface area contributed by atoms with Crippen molar-refractivity contribution >= 4 is 5.97 Å². The van der Waals surface area contributed by atoms with Gasteiger partial charge in [0.15, 0.2) is 6.10 Å². The molecule has 1 N–H and O–H groups in total. The minimum atomic E-state index is -4.62. The quantitative estimate of drug-likeness (QED) is 0.758. The Morgan fingerprint density at radius 3 is 2.65 bits per heavy atom. The summed E-state index contributed by atoms with van der Waals surface area (Å²) in [5, 5.41) is 8.93. The van der Waals surface area contributed by atoms with Gasteiger partial charge in [0.2, 0.25) is 0 Å². The predicted molar refractivity (Wildman–Crippen MR) is 53.2 cm³/mol. The first-order chi connectivity index (χ1) is 7.69. The molecule has 0 aliphatic carbocycles. The molecule has 2 atom stereocenters. The highest BCUT2D eigenvalue weighted by atomic mass is 19.4. The summed E-state index contributed by atoms with van der Waals surface area (Å²) in [5.74, 6) is -0.429. The van der Waals surface area contributed by atoms with Gasteiger partial charge in [-0.05, 0) is 19.9 Å². The van der Waals surface area contributed by atoms with Gasteiger partial charge in [-0.2, -0.15) is 13.2 Å². The monoisotopic (exact) mass is 255 g/mol. The van der Waals surface area contributed by atoms with E-state index in [2.05, 4.69) is 4.74 Å². The number of esters is 1. The van der Waals surface area contributed by atoms with E-state index in [1.54, 1.807) is 6.92 Å². The van der Waals surface area contributed by atoms with Crippen molar-refractivity contribution in [2.24, 2.45) is 5.41 Å². The van der Waals surface area contributed by atoms with Crippen LogP contribution in [0.25, 0.3) is 0 Å². The summed E-state index contributed by atoms with van der Waals surface area (Å²) in [5.41, 5.74) is -0.778. The maximum absolute atomic E-state index is 12.2. The van der Waals surface area contributed by atoms with Gasteiger partial charge < -0.3 is 9.84 Å². The Morgan fingerprint density at radius 2 is 2.18 bits per heavy atom. The Balaban J connectivity index is 2.54. The van der Waals surface area contributed by atoms with E-state index < -0.39 is 30.2 Å². The summed E-state index contributed by atoms with van der Waals surface area (Å²) in [4.78, 5) is 12.9. The molecule has 0 aromatic rings. The molecular weight excluding hydrogens is 239 g/mol. The van der Waals surface area contributed by atoms with Gasteiger partial charge in [0.25, 0.3) is 0 Å². The lowest BCUT2D eigenvalue weighted by Gasteiger charge is -2.24. The fourth-order valence-electron chi connectivity index (χ4n) is 1.97. The number of aliphatic hydroxyl groups is 1. The molecule has 0 aromatic carbocycles. The lowest BCUT2D eigenvalue weighted by atomic mass is 9.90. The van der Waals surface area contributed by atoms with E-state index in [0.29, 0.717) is 13.0 Å². The Hall–Kier alpha value is -0.820. The second-order valence-corrected chi connectivity index (χ2v) is 4.59. The van der Waals surface area contributed by atoms with E-state index in [1.807, 2.05) is 0 Å². The minimum Gasteiger partial charge on any atom is -0.469 e. The van der Waals surface area contributed by atoms with Crippen molar-refractivity contribution in [1.82, 2.24) is 4.90 Å². The molecule has 0 bridgehead atoms. The summed E-state index contributed by atoms with van der Waals surface area (Å²) in [6.45, 7) is 1.67.